The zero-order valence-electron chi connectivity index (χ0n) is 17.3. The lowest BCUT2D eigenvalue weighted by molar-refractivity contribution is 0.0507. The Morgan fingerprint density at radius 2 is 2.03 bits per heavy atom. The smallest absolute Gasteiger partial charge is 0.254 e. The van der Waals surface area contributed by atoms with E-state index in [-0.39, 0.29) is 12.0 Å². The Morgan fingerprint density at radius 1 is 1.17 bits per heavy atom. The van der Waals surface area contributed by atoms with E-state index < -0.39 is 0 Å². The van der Waals surface area contributed by atoms with Crippen LogP contribution in [0, 0.1) is 6.92 Å². The highest BCUT2D eigenvalue weighted by Gasteiger charge is 2.23. The molecule has 1 saturated heterocycles. The van der Waals surface area contributed by atoms with Gasteiger partial charge < -0.3 is 14.4 Å². The summed E-state index contributed by atoms with van der Waals surface area (Å²) >= 11 is 1.67. The molecule has 0 spiro atoms. The van der Waals surface area contributed by atoms with Crippen molar-refractivity contribution in [1.29, 1.82) is 0 Å². The second kappa shape index (κ2) is 9.92. The fraction of sp³-hybridized carbons (Fsp3) is 0.320. The molecule has 1 fully saturated rings. The molecule has 30 heavy (non-hydrogen) atoms. The maximum Gasteiger partial charge on any atom is 0.254 e. The van der Waals surface area contributed by atoms with Crippen molar-refractivity contribution in [3.8, 4) is 5.75 Å². The minimum Gasteiger partial charge on any atom is -0.489 e. The van der Waals surface area contributed by atoms with E-state index in [2.05, 4.69) is 16.8 Å². The Bertz CT molecular complexity index is 947. The Morgan fingerprint density at radius 3 is 2.77 bits per heavy atom. The average molecular weight is 422 g/mol. The third-order valence-corrected chi connectivity index (χ3v) is 6.02. The molecule has 0 radical (unpaired) electrons. The highest BCUT2D eigenvalue weighted by Crippen LogP contribution is 2.21. The van der Waals surface area contributed by atoms with E-state index in [0.717, 1.165) is 36.3 Å². The van der Waals surface area contributed by atoms with Crippen LogP contribution < -0.4 is 4.74 Å². The Balaban J connectivity index is 1.48. The van der Waals surface area contributed by atoms with Gasteiger partial charge in [-0.15, -0.1) is 0 Å². The van der Waals surface area contributed by atoms with Gasteiger partial charge in [0, 0.05) is 25.3 Å². The number of nitrogens with zero attached hydrogens (tertiary/aromatic N) is 1. The molecule has 3 aromatic rings. The van der Waals surface area contributed by atoms with Gasteiger partial charge in [0.05, 0.1) is 6.10 Å². The standard InChI is InChI=1S/C25H27NO3S/c1-19-7-9-22(10-8-19)25(27)26(16-24-6-3-12-28-24)15-20-4-2-5-23(14-20)29-17-21-11-13-30-18-21/h2,4-5,7-11,13-14,18,24H,3,6,12,15-17H2,1H3. The lowest BCUT2D eigenvalue weighted by atomic mass is 10.1. The lowest BCUT2D eigenvalue weighted by Gasteiger charge is -2.26. The van der Waals surface area contributed by atoms with Crippen LogP contribution in [-0.2, 0) is 17.9 Å². The van der Waals surface area contributed by atoms with Gasteiger partial charge in [0.25, 0.3) is 5.91 Å². The maximum absolute atomic E-state index is 13.3. The molecule has 1 aliphatic rings. The fourth-order valence-electron chi connectivity index (χ4n) is 3.63. The van der Waals surface area contributed by atoms with Crippen LogP contribution in [0.1, 0.15) is 39.9 Å². The van der Waals surface area contributed by atoms with Gasteiger partial charge in [0.15, 0.2) is 0 Å². The van der Waals surface area contributed by atoms with Crippen LogP contribution in [0.3, 0.4) is 0 Å². The molecule has 4 nitrogen and oxygen atoms in total. The first-order valence-electron chi connectivity index (χ1n) is 10.4. The van der Waals surface area contributed by atoms with E-state index in [9.17, 15) is 4.79 Å². The number of thiophene rings is 1. The molecular weight excluding hydrogens is 394 g/mol. The number of ether oxygens (including phenoxy) is 2. The summed E-state index contributed by atoms with van der Waals surface area (Å²) in [4.78, 5) is 15.2. The number of aryl methyl sites for hydroxylation is 1. The first kappa shape index (κ1) is 20.6. The zero-order chi connectivity index (χ0) is 20.8. The Labute approximate surface area is 182 Å². The highest BCUT2D eigenvalue weighted by molar-refractivity contribution is 7.07. The second-order valence-electron chi connectivity index (χ2n) is 7.75. The number of hydrogen-bond acceptors (Lipinski definition) is 4. The van der Waals surface area contributed by atoms with Crippen LogP contribution in [0.25, 0.3) is 0 Å². The van der Waals surface area contributed by atoms with E-state index in [0.29, 0.717) is 25.3 Å². The maximum atomic E-state index is 13.3. The fourth-order valence-corrected chi connectivity index (χ4v) is 4.28. The van der Waals surface area contributed by atoms with Gasteiger partial charge in [-0.25, -0.2) is 0 Å². The quantitative estimate of drug-likeness (QED) is 0.485. The summed E-state index contributed by atoms with van der Waals surface area (Å²) in [5.74, 6) is 0.855. The molecule has 156 valence electrons. The van der Waals surface area contributed by atoms with Crippen molar-refractivity contribution in [2.45, 2.75) is 39.0 Å². The summed E-state index contributed by atoms with van der Waals surface area (Å²) in [5.41, 5.74) is 4.08. The molecule has 1 unspecified atom stereocenters. The van der Waals surface area contributed by atoms with E-state index in [4.69, 9.17) is 9.47 Å². The van der Waals surface area contributed by atoms with Crippen molar-refractivity contribution >= 4 is 17.2 Å². The van der Waals surface area contributed by atoms with Crippen LogP contribution in [0.5, 0.6) is 5.75 Å². The molecule has 2 heterocycles. The minimum atomic E-state index is 0.0371. The third kappa shape index (κ3) is 5.49. The summed E-state index contributed by atoms with van der Waals surface area (Å²) in [6.45, 7) is 4.49. The summed E-state index contributed by atoms with van der Waals surface area (Å²) in [6, 6.07) is 17.9. The molecule has 2 aromatic carbocycles. The molecule has 0 aliphatic carbocycles. The van der Waals surface area contributed by atoms with Crippen LogP contribution in [-0.4, -0.2) is 30.1 Å². The number of amides is 1. The van der Waals surface area contributed by atoms with E-state index in [1.165, 1.54) is 5.56 Å². The van der Waals surface area contributed by atoms with Gasteiger partial charge in [-0.3, -0.25) is 4.79 Å². The summed E-state index contributed by atoms with van der Waals surface area (Å²) < 4.78 is 11.8. The summed E-state index contributed by atoms with van der Waals surface area (Å²) in [5, 5.41) is 4.14. The van der Waals surface area contributed by atoms with Crippen molar-refractivity contribution in [2.75, 3.05) is 13.2 Å². The van der Waals surface area contributed by atoms with E-state index >= 15 is 0 Å². The van der Waals surface area contributed by atoms with Gasteiger partial charge in [-0.1, -0.05) is 29.8 Å². The highest BCUT2D eigenvalue weighted by atomic mass is 32.1. The van der Waals surface area contributed by atoms with Crippen molar-refractivity contribution in [3.63, 3.8) is 0 Å². The number of carbonyl (C=O) groups is 1. The number of rotatable bonds is 8. The SMILES string of the molecule is Cc1ccc(C(=O)N(Cc2cccc(OCc3ccsc3)c2)CC2CCCO2)cc1. The monoisotopic (exact) mass is 421 g/mol. The average Bonchev–Trinajstić information content (AvgIpc) is 3.46. The van der Waals surface area contributed by atoms with E-state index in [1.54, 1.807) is 11.3 Å². The summed E-state index contributed by atoms with van der Waals surface area (Å²) in [7, 11) is 0. The molecule has 1 aliphatic heterocycles. The Hall–Kier alpha value is -2.63. The van der Waals surface area contributed by atoms with Crippen LogP contribution in [0.2, 0.25) is 0 Å². The predicted octanol–water partition coefficient (Wildman–Crippen LogP) is 5.46. The van der Waals surface area contributed by atoms with Crippen molar-refractivity contribution in [1.82, 2.24) is 4.90 Å². The molecule has 1 aromatic heterocycles. The van der Waals surface area contributed by atoms with Gasteiger partial charge in [0.2, 0.25) is 0 Å². The largest absolute Gasteiger partial charge is 0.489 e. The van der Waals surface area contributed by atoms with Gasteiger partial charge in [-0.2, -0.15) is 11.3 Å². The van der Waals surface area contributed by atoms with Crippen LogP contribution in [0.15, 0.2) is 65.4 Å². The van der Waals surface area contributed by atoms with Gasteiger partial charge in [0.1, 0.15) is 12.4 Å². The Kier molecular flexibility index (Phi) is 6.82. The number of carbonyl (C=O) groups excluding carboxylic acids is 1. The zero-order valence-corrected chi connectivity index (χ0v) is 18.1. The number of benzene rings is 2. The van der Waals surface area contributed by atoms with Crippen molar-refractivity contribution in [2.24, 2.45) is 0 Å². The third-order valence-electron chi connectivity index (χ3n) is 5.29. The van der Waals surface area contributed by atoms with Crippen LogP contribution >= 0.6 is 11.3 Å². The molecule has 0 N–H and O–H groups in total. The number of hydrogen-bond donors (Lipinski definition) is 0. The van der Waals surface area contributed by atoms with Crippen molar-refractivity contribution < 1.29 is 14.3 Å². The van der Waals surface area contributed by atoms with Gasteiger partial charge in [-0.05, 0) is 72.0 Å². The van der Waals surface area contributed by atoms with E-state index in [1.807, 2.05) is 60.4 Å². The molecular formula is C25H27NO3S. The normalized spacial score (nSPS) is 15.8. The predicted molar refractivity (Wildman–Crippen MR) is 120 cm³/mol. The lowest BCUT2D eigenvalue weighted by Crippen LogP contribution is -2.37. The molecule has 1 amide bonds. The van der Waals surface area contributed by atoms with Crippen molar-refractivity contribution in [3.05, 3.63) is 87.6 Å². The molecule has 4 rings (SSSR count). The molecule has 1 atom stereocenters. The van der Waals surface area contributed by atoms with Gasteiger partial charge >= 0.3 is 0 Å². The first-order chi connectivity index (χ1) is 14.7. The van der Waals surface area contributed by atoms with Crippen LogP contribution in [0.4, 0.5) is 0 Å². The molecule has 5 heteroatoms. The summed E-state index contributed by atoms with van der Waals surface area (Å²) in [6.07, 6.45) is 2.17. The second-order valence-corrected chi connectivity index (χ2v) is 8.53. The topological polar surface area (TPSA) is 38.8 Å². The molecule has 0 bridgehead atoms. The minimum absolute atomic E-state index is 0.0371. The molecule has 0 saturated carbocycles. The first-order valence-corrected chi connectivity index (χ1v) is 11.3.